The van der Waals surface area contributed by atoms with E-state index in [1.807, 2.05) is 0 Å². The Kier molecular flexibility index (Phi) is 6.41. The maximum absolute atomic E-state index is 12.8. The Labute approximate surface area is 188 Å². The van der Waals surface area contributed by atoms with Crippen molar-refractivity contribution in [3.63, 3.8) is 0 Å². The molecule has 1 aliphatic rings. The molecule has 1 fully saturated rings. The second-order valence-electron chi connectivity index (χ2n) is 7.01. The number of nitrogens with one attached hydrogen (secondary N) is 3. The number of anilines is 2. The SMILES string of the molecule is C[S+](c1nn[nH]n1)c1sc(NC(=O)Nc2ccncc2C(=O)C2CCCC2)nc1C(=O)O. The van der Waals surface area contributed by atoms with Gasteiger partial charge in [0.25, 0.3) is 4.21 Å². The van der Waals surface area contributed by atoms with Crippen molar-refractivity contribution in [2.45, 2.75) is 35.0 Å². The topological polar surface area (TPSA) is 176 Å². The van der Waals surface area contributed by atoms with E-state index in [1.54, 1.807) is 12.3 Å². The van der Waals surface area contributed by atoms with Crippen molar-refractivity contribution in [2.75, 3.05) is 16.9 Å². The number of rotatable bonds is 7. The zero-order valence-electron chi connectivity index (χ0n) is 16.9. The number of tetrazole rings is 1. The summed E-state index contributed by atoms with van der Waals surface area (Å²) in [5.41, 5.74) is 0.501. The van der Waals surface area contributed by atoms with Gasteiger partial charge < -0.3 is 10.4 Å². The van der Waals surface area contributed by atoms with E-state index < -0.39 is 22.9 Å². The van der Waals surface area contributed by atoms with Crippen LogP contribution in [0.5, 0.6) is 0 Å². The Hall–Kier alpha value is -3.39. The number of amides is 2. The molecule has 0 spiro atoms. The fraction of sp³-hybridized carbons (Fsp3) is 0.333. The first-order valence-electron chi connectivity index (χ1n) is 9.63. The lowest BCUT2D eigenvalue weighted by Crippen LogP contribution is -2.22. The summed E-state index contributed by atoms with van der Waals surface area (Å²) in [6, 6.07) is 0.904. The predicted molar refractivity (Wildman–Crippen MR) is 116 cm³/mol. The molecule has 32 heavy (non-hydrogen) atoms. The fourth-order valence-corrected chi connectivity index (χ4v) is 6.00. The molecule has 3 aromatic rings. The van der Waals surface area contributed by atoms with Gasteiger partial charge in [-0.1, -0.05) is 23.0 Å². The molecule has 0 aromatic carbocycles. The van der Waals surface area contributed by atoms with Crippen LogP contribution in [0.3, 0.4) is 0 Å². The summed E-state index contributed by atoms with van der Waals surface area (Å²) in [6.07, 6.45) is 8.37. The minimum absolute atomic E-state index is 0.0364. The van der Waals surface area contributed by atoms with Crippen LogP contribution in [0.4, 0.5) is 15.6 Å². The molecule has 0 radical (unpaired) electrons. The van der Waals surface area contributed by atoms with Crippen LogP contribution in [0.25, 0.3) is 0 Å². The van der Waals surface area contributed by atoms with Crippen LogP contribution in [0, 0.1) is 5.92 Å². The van der Waals surface area contributed by atoms with Crippen LogP contribution < -0.4 is 10.6 Å². The van der Waals surface area contributed by atoms with Gasteiger partial charge in [-0.2, -0.15) is 5.21 Å². The van der Waals surface area contributed by atoms with E-state index in [-0.39, 0.29) is 22.5 Å². The smallest absolute Gasteiger partial charge is 0.389 e. The number of thiazole rings is 1. The minimum atomic E-state index is -1.23. The number of hydrogen-bond acceptors (Lipinski definition) is 9. The predicted octanol–water partition coefficient (Wildman–Crippen LogP) is 2.43. The summed E-state index contributed by atoms with van der Waals surface area (Å²) < 4.78 is 0.398. The molecule has 1 atom stereocenters. The minimum Gasteiger partial charge on any atom is -0.476 e. The van der Waals surface area contributed by atoms with Gasteiger partial charge in [-0.3, -0.25) is 15.1 Å². The third-order valence-electron chi connectivity index (χ3n) is 4.96. The van der Waals surface area contributed by atoms with Crippen molar-refractivity contribution in [3.8, 4) is 0 Å². The van der Waals surface area contributed by atoms with Gasteiger partial charge in [0.1, 0.15) is 17.2 Å². The average Bonchev–Trinajstić information content (AvgIpc) is 3.54. The van der Waals surface area contributed by atoms with Gasteiger partial charge >= 0.3 is 17.2 Å². The molecule has 14 heteroatoms. The van der Waals surface area contributed by atoms with Crippen molar-refractivity contribution < 1.29 is 19.5 Å². The van der Waals surface area contributed by atoms with Crippen LogP contribution in [-0.4, -0.2) is 59.7 Å². The monoisotopic (exact) mass is 475 g/mol. The van der Waals surface area contributed by atoms with E-state index in [1.165, 1.54) is 12.4 Å². The molecule has 1 unspecified atom stereocenters. The van der Waals surface area contributed by atoms with Crippen molar-refractivity contribution in [2.24, 2.45) is 5.92 Å². The first-order valence-corrected chi connectivity index (χ1v) is 12.1. The molecule has 4 N–H and O–H groups in total. The largest absolute Gasteiger partial charge is 0.476 e. The number of H-pyrrole nitrogens is 1. The van der Waals surface area contributed by atoms with Gasteiger partial charge in [0.05, 0.1) is 11.3 Å². The highest BCUT2D eigenvalue weighted by atomic mass is 32.2. The highest BCUT2D eigenvalue weighted by Crippen LogP contribution is 2.32. The summed E-state index contributed by atoms with van der Waals surface area (Å²) in [5, 5.41) is 28.7. The number of pyridine rings is 1. The van der Waals surface area contributed by atoms with Gasteiger partial charge in [-0.25, -0.2) is 14.6 Å². The van der Waals surface area contributed by atoms with E-state index >= 15 is 0 Å². The highest BCUT2D eigenvalue weighted by Gasteiger charge is 2.35. The van der Waals surface area contributed by atoms with Crippen molar-refractivity contribution in [1.29, 1.82) is 0 Å². The standard InChI is InChI=1S/C18H18N8O4S2/c1-32(18-23-25-26-24-18)15-12(14(28)29)21-17(31-15)22-16(30)20-11-6-7-19-8-10(11)13(27)9-4-2-3-5-9/h6-9H,2-5H2,1H3,(H3-,19,20,21,22,23,24,25,26,27,28,29,30)/p+1. The van der Waals surface area contributed by atoms with Crippen LogP contribution in [-0.2, 0) is 10.9 Å². The molecule has 1 saturated carbocycles. The number of aromatic nitrogens is 6. The van der Waals surface area contributed by atoms with E-state index in [0.29, 0.717) is 20.6 Å². The maximum Gasteiger partial charge on any atom is 0.389 e. The Balaban J connectivity index is 1.51. The van der Waals surface area contributed by atoms with Crippen molar-refractivity contribution >= 4 is 50.8 Å². The van der Waals surface area contributed by atoms with E-state index in [2.05, 4.69) is 41.2 Å². The molecule has 3 heterocycles. The first kappa shape index (κ1) is 21.8. The molecular weight excluding hydrogens is 456 g/mol. The first-order chi connectivity index (χ1) is 15.4. The molecule has 0 aliphatic heterocycles. The number of carboxylic acids is 1. The number of aromatic carboxylic acids is 1. The summed E-state index contributed by atoms with van der Waals surface area (Å²) in [5.74, 6) is -1.33. The number of carbonyl (C=O) groups is 3. The number of aromatic amines is 1. The molecule has 2 amide bonds. The molecule has 0 bridgehead atoms. The number of Topliss-reactive ketones (excluding diaryl/α,β-unsaturated/α-hetero) is 1. The van der Waals surface area contributed by atoms with Crippen LogP contribution >= 0.6 is 11.3 Å². The molecule has 0 saturated heterocycles. The Morgan fingerprint density at radius 2 is 2.03 bits per heavy atom. The zero-order valence-corrected chi connectivity index (χ0v) is 18.5. The van der Waals surface area contributed by atoms with Gasteiger partial charge in [0, 0.05) is 18.3 Å². The average molecular weight is 476 g/mol. The summed E-state index contributed by atoms with van der Waals surface area (Å²) >= 11 is 1.01. The normalized spacial score (nSPS) is 14.8. The van der Waals surface area contributed by atoms with Crippen LogP contribution in [0.1, 0.15) is 46.5 Å². The molecule has 12 nitrogen and oxygen atoms in total. The number of ketones is 1. The fourth-order valence-electron chi connectivity index (χ4n) is 3.43. The second-order valence-corrected chi connectivity index (χ2v) is 10.1. The van der Waals surface area contributed by atoms with E-state index in [4.69, 9.17) is 0 Å². The number of hydrogen-bond donors (Lipinski definition) is 4. The van der Waals surface area contributed by atoms with Crippen molar-refractivity contribution in [3.05, 3.63) is 29.7 Å². The lowest BCUT2D eigenvalue weighted by molar-refractivity contribution is 0.0687. The van der Waals surface area contributed by atoms with Crippen LogP contribution in [0.15, 0.2) is 27.8 Å². The zero-order chi connectivity index (χ0) is 22.7. The van der Waals surface area contributed by atoms with Crippen molar-refractivity contribution in [1.82, 2.24) is 30.6 Å². The number of nitrogens with zero attached hydrogens (tertiary/aromatic N) is 5. The molecule has 166 valence electrons. The highest BCUT2D eigenvalue weighted by molar-refractivity contribution is 7.98. The molecule has 1 aliphatic carbocycles. The van der Waals surface area contributed by atoms with Gasteiger partial charge in [-0.05, 0) is 35.5 Å². The summed E-state index contributed by atoms with van der Waals surface area (Å²) in [6.45, 7) is 0. The maximum atomic E-state index is 12.8. The third-order valence-corrected chi connectivity index (χ3v) is 8.19. The van der Waals surface area contributed by atoms with E-state index in [9.17, 15) is 19.5 Å². The third kappa shape index (κ3) is 4.60. The Morgan fingerprint density at radius 3 is 2.72 bits per heavy atom. The lowest BCUT2D eigenvalue weighted by Gasteiger charge is -2.13. The summed E-state index contributed by atoms with van der Waals surface area (Å²) in [4.78, 5) is 45.1. The summed E-state index contributed by atoms with van der Waals surface area (Å²) in [7, 11) is -0.807. The van der Waals surface area contributed by atoms with Crippen LogP contribution in [0.2, 0.25) is 0 Å². The van der Waals surface area contributed by atoms with E-state index in [0.717, 1.165) is 37.0 Å². The second kappa shape index (κ2) is 9.40. The van der Waals surface area contributed by atoms with Gasteiger partial charge in [0.2, 0.25) is 5.69 Å². The number of urea groups is 1. The molecular formula is C18H19N8O4S2+. The Bertz CT molecular complexity index is 1140. The molecule has 3 aromatic heterocycles. The Morgan fingerprint density at radius 1 is 1.25 bits per heavy atom. The van der Waals surface area contributed by atoms with Gasteiger partial charge in [-0.15, -0.1) is 0 Å². The lowest BCUT2D eigenvalue weighted by atomic mass is 9.96. The number of carboxylic acid groups (broad SMARTS) is 1. The van der Waals surface area contributed by atoms with Gasteiger partial charge in [0.15, 0.2) is 10.9 Å². The quantitative estimate of drug-likeness (QED) is 0.295. The molecule has 4 rings (SSSR count). The number of carbonyl (C=O) groups excluding carboxylic acids is 2.